The van der Waals surface area contributed by atoms with E-state index in [1.165, 1.54) is 13.8 Å². The molecule has 0 atom stereocenters. The summed E-state index contributed by atoms with van der Waals surface area (Å²) >= 11 is 2.15. The maximum absolute atomic E-state index is 11.7. The van der Waals surface area contributed by atoms with Crippen molar-refractivity contribution < 1.29 is 14.7 Å². The smallest absolute Gasteiger partial charge is 0.309 e. The highest BCUT2D eigenvalue weighted by molar-refractivity contribution is 14.1. The molecule has 1 rings (SSSR count). The minimum Gasteiger partial charge on any atom is -0.481 e. The molecule has 0 unspecified atom stereocenters. The Hall–Kier alpha value is -1.11. The summed E-state index contributed by atoms with van der Waals surface area (Å²) in [6.07, 6.45) is -0.0478. The van der Waals surface area contributed by atoms with E-state index in [9.17, 15) is 9.59 Å². The molecule has 17 heavy (non-hydrogen) atoms. The number of benzene rings is 1. The fraction of sp³-hybridized carbons (Fsp3) is 0.333. The van der Waals surface area contributed by atoms with Crippen molar-refractivity contribution in [1.82, 2.24) is 0 Å². The van der Waals surface area contributed by atoms with Crippen molar-refractivity contribution in [2.75, 3.05) is 5.32 Å². The van der Waals surface area contributed by atoms with E-state index in [1.807, 2.05) is 18.2 Å². The molecule has 4 nitrogen and oxygen atoms in total. The average Bonchev–Trinajstić information content (AvgIpc) is 2.15. The zero-order valence-corrected chi connectivity index (χ0v) is 11.8. The minimum atomic E-state index is -1.05. The highest BCUT2D eigenvalue weighted by atomic mass is 127. The first-order valence-electron chi connectivity index (χ1n) is 5.10. The molecule has 0 aliphatic rings. The van der Waals surface area contributed by atoms with Gasteiger partial charge >= 0.3 is 5.97 Å². The van der Waals surface area contributed by atoms with Gasteiger partial charge < -0.3 is 10.4 Å². The number of rotatable bonds is 4. The number of carbonyl (C=O) groups is 2. The Labute approximate surface area is 114 Å². The summed E-state index contributed by atoms with van der Waals surface area (Å²) in [6.45, 7) is 3.06. The summed E-state index contributed by atoms with van der Waals surface area (Å²) in [6, 6.07) is 7.34. The quantitative estimate of drug-likeness (QED) is 0.823. The number of amides is 1. The van der Waals surface area contributed by atoms with Crippen LogP contribution in [-0.4, -0.2) is 17.0 Å². The summed E-state index contributed by atoms with van der Waals surface area (Å²) in [5.41, 5.74) is -0.366. The average molecular weight is 347 g/mol. The van der Waals surface area contributed by atoms with Gasteiger partial charge in [0, 0.05) is 15.7 Å². The van der Waals surface area contributed by atoms with Gasteiger partial charge in [0.15, 0.2) is 0 Å². The van der Waals surface area contributed by atoms with E-state index < -0.39 is 11.4 Å². The fourth-order valence-corrected chi connectivity index (χ4v) is 1.79. The number of hydrogen-bond donors (Lipinski definition) is 2. The molecule has 5 heteroatoms. The van der Waals surface area contributed by atoms with Crippen LogP contribution in [0.25, 0.3) is 0 Å². The number of carboxylic acid groups (broad SMARTS) is 1. The van der Waals surface area contributed by atoms with Gasteiger partial charge in [-0.05, 0) is 54.6 Å². The summed E-state index contributed by atoms with van der Waals surface area (Å²) in [5.74, 6) is -1.27. The van der Waals surface area contributed by atoms with Gasteiger partial charge in [0.05, 0.1) is 5.41 Å². The van der Waals surface area contributed by atoms with E-state index >= 15 is 0 Å². The molecule has 0 fully saturated rings. The van der Waals surface area contributed by atoms with Crippen molar-refractivity contribution >= 4 is 40.2 Å². The van der Waals surface area contributed by atoms with Crippen molar-refractivity contribution in [3.8, 4) is 0 Å². The number of carbonyl (C=O) groups excluding carboxylic acids is 1. The van der Waals surface area contributed by atoms with E-state index in [0.29, 0.717) is 5.69 Å². The Kier molecular flexibility index (Phi) is 4.50. The topological polar surface area (TPSA) is 66.4 Å². The molecule has 0 aliphatic heterocycles. The zero-order valence-electron chi connectivity index (χ0n) is 9.66. The Morgan fingerprint density at radius 1 is 1.41 bits per heavy atom. The van der Waals surface area contributed by atoms with Crippen molar-refractivity contribution in [3.05, 3.63) is 27.8 Å². The van der Waals surface area contributed by atoms with Crippen LogP contribution in [0.3, 0.4) is 0 Å². The third-order valence-electron chi connectivity index (χ3n) is 2.29. The van der Waals surface area contributed by atoms with Crippen LogP contribution in [0.2, 0.25) is 0 Å². The van der Waals surface area contributed by atoms with Gasteiger partial charge in [-0.15, -0.1) is 0 Å². The number of aliphatic carboxylic acids is 1. The van der Waals surface area contributed by atoms with Gasteiger partial charge in [-0.25, -0.2) is 0 Å². The van der Waals surface area contributed by atoms with Crippen molar-refractivity contribution in [2.24, 2.45) is 5.41 Å². The van der Waals surface area contributed by atoms with Crippen LogP contribution >= 0.6 is 22.6 Å². The largest absolute Gasteiger partial charge is 0.481 e. The van der Waals surface area contributed by atoms with Crippen molar-refractivity contribution in [2.45, 2.75) is 20.3 Å². The van der Waals surface area contributed by atoms with E-state index in [-0.39, 0.29) is 12.3 Å². The minimum absolute atomic E-state index is 0.0478. The Morgan fingerprint density at radius 2 is 2.06 bits per heavy atom. The molecule has 0 saturated carbocycles. The summed E-state index contributed by atoms with van der Waals surface area (Å²) in [5, 5.41) is 11.6. The highest BCUT2D eigenvalue weighted by Gasteiger charge is 2.30. The van der Waals surface area contributed by atoms with Crippen LogP contribution in [0.5, 0.6) is 0 Å². The molecule has 1 aromatic carbocycles. The van der Waals surface area contributed by atoms with E-state index in [2.05, 4.69) is 27.9 Å². The number of anilines is 1. The Balaban J connectivity index is 2.65. The molecule has 0 heterocycles. The van der Waals surface area contributed by atoms with E-state index in [4.69, 9.17) is 5.11 Å². The van der Waals surface area contributed by atoms with E-state index in [1.54, 1.807) is 6.07 Å². The standard InChI is InChI=1S/C12H14INO3/c1-12(2,11(16)17)7-10(15)14-9-5-3-4-8(13)6-9/h3-6H,7H2,1-2H3,(H,14,15)(H,16,17). The van der Waals surface area contributed by atoms with Crippen LogP contribution in [-0.2, 0) is 9.59 Å². The summed E-state index contributed by atoms with van der Waals surface area (Å²) < 4.78 is 1.01. The maximum Gasteiger partial charge on any atom is 0.309 e. The van der Waals surface area contributed by atoms with Gasteiger partial charge in [0.25, 0.3) is 0 Å². The Bertz CT molecular complexity index is 443. The van der Waals surface area contributed by atoms with Gasteiger partial charge in [0.1, 0.15) is 0 Å². The molecule has 0 radical (unpaired) electrons. The van der Waals surface area contributed by atoms with Gasteiger partial charge in [-0.2, -0.15) is 0 Å². The summed E-state index contributed by atoms with van der Waals surface area (Å²) in [7, 11) is 0. The lowest BCUT2D eigenvalue weighted by atomic mass is 9.89. The molecule has 0 spiro atoms. The SMILES string of the molecule is CC(C)(CC(=O)Nc1cccc(I)c1)C(=O)O. The molecule has 92 valence electrons. The molecular weight excluding hydrogens is 333 g/mol. The fourth-order valence-electron chi connectivity index (χ4n) is 1.25. The van der Waals surface area contributed by atoms with Gasteiger partial charge in [0.2, 0.25) is 5.91 Å². The van der Waals surface area contributed by atoms with Crippen LogP contribution in [0.1, 0.15) is 20.3 Å². The number of halogens is 1. The predicted octanol–water partition coefficient (Wildman–Crippen LogP) is 2.73. The third-order valence-corrected chi connectivity index (χ3v) is 2.96. The molecule has 1 amide bonds. The molecule has 2 N–H and O–H groups in total. The molecule has 0 saturated heterocycles. The van der Waals surface area contributed by atoms with Gasteiger partial charge in [-0.1, -0.05) is 6.07 Å². The number of hydrogen-bond acceptors (Lipinski definition) is 2. The Morgan fingerprint density at radius 3 is 2.59 bits per heavy atom. The lowest BCUT2D eigenvalue weighted by Gasteiger charge is -2.18. The second kappa shape index (κ2) is 5.48. The van der Waals surface area contributed by atoms with Crippen molar-refractivity contribution in [3.63, 3.8) is 0 Å². The first-order valence-corrected chi connectivity index (χ1v) is 6.18. The van der Waals surface area contributed by atoms with Crippen LogP contribution in [0, 0.1) is 8.99 Å². The first-order chi connectivity index (χ1) is 7.81. The van der Waals surface area contributed by atoms with Crippen LogP contribution < -0.4 is 5.32 Å². The third kappa shape index (κ3) is 4.33. The molecule has 0 aliphatic carbocycles. The second-order valence-electron chi connectivity index (χ2n) is 4.42. The highest BCUT2D eigenvalue weighted by Crippen LogP contribution is 2.21. The van der Waals surface area contributed by atoms with Crippen LogP contribution in [0.4, 0.5) is 5.69 Å². The zero-order chi connectivity index (χ0) is 13.1. The summed E-state index contributed by atoms with van der Waals surface area (Å²) in [4.78, 5) is 22.5. The molecular formula is C12H14INO3. The number of nitrogens with one attached hydrogen (secondary N) is 1. The molecule has 1 aromatic rings. The monoisotopic (exact) mass is 347 g/mol. The van der Waals surface area contributed by atoms with Crippen molar-refractivity contribution in [1.29, 1.82) is 0 Å². The molecule has 0 aromatic heterocycles. The normalized spacial score (nSPS) is 11.0. The van der Waals surface area contributed by atoms with E-state index in [0.717, 1.165) is 3.57 Å². The molecule has 0 bridgehead atoms. The van der Waals surface area contributed by atoms with Gasteiger partial charge in [-0.3, -0.25) is 9.59 Å². The maximum atomic E-state index is 11.7. The lowest BCUT2D eigenvalue weighted by molar-refractivity contribution is -0.148. The number of carboxylic acids is 1. The second-order valence-corrected chi connectivity index (χ2v) is 5.67. The van der Waals surface area contributed by atoms with Crippen LogP contribution in [0.15, 0.2) is 24.3 Å². The lowest BCUT2D eigenvalue weighted by Crippen LogP contribution is -2.29. The first kappa shape index (κ1) is 14.0. The predicted molar refractivity (Wildman–Crippen MR) is 73.8 cm³/mol.